The minimum atomic E-state index is -0.293. The molecule has 2 nitrogen and oxygen atoms in total. The minimum absolute atomic E-state index is 0.293. The van der Waals surface area contributed by atoms with Crippen LogP contribution in [0.5, 0.6) is 11.5 Å². The summed E-state index contributed by atoms with van der Waals surface area (Å²) in [6.45, 7) is 5.49. The topological polar surface area (TPSA) is 21.3 Å². The summed E-state index contributed by atoms with van der Waals surface area (Å²) in [6.07, 6.45) is 0. The van der Waals surface area contributed by atoms with E-state index < -0.39 is 0 Å². The molecule has 0 spiro atoms. The maximum atomic E-state index is 13.6. The quantitative estimate of drug-likeness (QED) is 0.846. The molecule has 0 aliphatic rings. The summed E-state index contributed by atoms with van der Waals surface area (Å²) >= 11 is 3.45. The first-order valence-electron chi connectivity index (χ1n) is 6.52. The van der Waals surface area contributed by atoms with Crippen LogP contribution in [0.2, 0.25) is 0 Å². The summed E-state index contributed by atoms with van der Waals surface area (Å²) in [7, 11) is 0. The molecular formula is C16H17BrFNO. The fraction of sp³-hybridized carbons (Fsp3) is 0.250. The lowest BCUT2D eigenvalue weighted by Crippen LogP contribution is -2.11. The van der Waals surface area contributed by atoms with Crippen molar-refractivity contribution in [1.29, 1.82) is 0 Å². The average molecular weight is 338 g/mol. The van der Waals surface area contributed by atoms with Crippen LogP contribution >= 0.6 is 15.9 Å². The van der Waals surface area contributed by atoms with Crippen molar-refractivity contribution in [2.75, 3.05) is 6.54 Å². The second-order valence-corrected chi connectivity index (χ2v) is 5.47. The molecule has 106 valence electrons. The molecule has 0 atom stereocenters. The van der Waals surface area contributed by atoms with Crippen LogP contribution in [0.1, 0.15) is 18.1 Å². The normalized spacial score (nSPS) is 10.6. The van der Waals surface area contributed by atoms with Crippen molar-refractivity contribution in [3.05, 3.63) is 57.8 Å². The van der Waals surface area contributed by atoms with Gasteiger partial charge in [0.1, 0.15) is 17.3 Å². The van der Waals surface area contributed by atoms with E-state index in [-0.39, 0.29) is 5.82 Å². The maximum Gasteiger partial charge on any atom is 0.141 e. The second kappa shape index (κ2) is 6.86. The molecule has 0 aromatic heterocycles. The molecule has 0 aliphatic carbocycles. The van der Waals surface area contributed by atoms with Gasteiger partial charge < -0.3 is 10.1 Å². The lowest BCUT2D eigenvalue weighted by atomic mass is 10.2. The molecule has 0 bridgehead atoms. The molecule has 1 N–H and O–H groups in total. The van der Waals surface area contributed by atoms with E-state index in [4.69, 9.17) is 4.74 Å². The Morgan fingerprint density at radius 1 is 1.20 bits per heavy atom. The highest BCUT2D eigenvalue weighted by atomic mass is 79.9. The number of halogens is 2. The van der Waals surface area contributed by atoms with Gasteiger partial charge in [0.25, 0.3) is 0 Å². The van der Waals surface area contributed by atoms with Gasteiger partial charge in [0.05, 0.1) is 4.47 Å². The van der Waals surface area contributed by atoms with Gasteiger partial charge in [0.2, 0.25) is 0 Å². The Morgan fingerprint density at radius 3 is 2.70 bits per heavy atom. The van der Waals surface area contributed by atoms with Crippen molar-refractivity contribution in [3.8, 4) is 11.5 Å². The van der Waals surface area contributed by atoms with Gasteiger partial charge in [0.15, 0.2) is 0 Å². The molecule has 2 aromatic rings. The fourth-order valence-electron chi connectivity index (χ4n) is 1.87. The Labute approximate surface area is 127 Å². The van der Waals surface area contributed by atoms with Crippen molar-refractivity contribution in [1.82, 2.24) is 5.32 Å². The van der Waals surface area contributed by atoms with Crippen LogP contribution in [0, 0.1) is 12.7 Å². The van der Waals surface area contributed by atoms with Crippen molar-refractivity contribution in [2.45, 2.75) is 20.4 Å². The summed E-state index contributed by atoms with van der Waals surface area (Å²) < 4.78 is 20.2. The van der Waals surface area contributed by atoms with Crippen LogP contribution < -0.4 is 10.1 Å². The Balaban J connectivity index is 2.21. The molecule has 0 heterocycles. The van der Waals surface area contributed by atoms with Gasteiger partial charge in [-0.15, -0.1) is 0 Å². The summed E-state index contributed by atoms with van der Waals surface area (Å²) in [5.41, 5.74) is 2.00. The van der Waals surface area contributed by atoms with Gasteiger partial charge in [0, 0.05) is 12.6 Å². The zero-order valence-electron chi connectivity index (χ0n) is 11.5. The number of hydrogen-bond donors (Lipinski definition) is 1. The van der Waals surface area contributed by atoms with Crippen LogP contribution in [0.4, 0.5) is 4.39 Å². The monoisotopic (exact) mass is 337 g/mol. The van der Waals surface area contributed by atoms with E-state index in [2.05, 4.69) is 21.2 Å². The van der Waals surface area contributed by atoms with Gasteiger partial charge in [-0.3, -0.25) is 0 Å². The molecular weight excluding hydrogens is 321 g/mol. The molecule has 0 saturated carbocycles. The van der Waals surface area contributed by atoms with Gasteiger partial charge >= 0.3 is 0 Å². The van der Waals surface area contributed by atoms with E-state index in [9.17, 15) is 4.39 Å². The highest BCUT2D eigenvalue weighted by Gasteiger charge is 2.06. The first-order chi connectivity index (χ1) is 9.58. The molecule has 0 fully saturated rings. The third kappa shape index (κ3) is 4.05. The fourth-order valence-corrected chi connectivity index (χ4v) is 2.44. The van der Waals surface area contributed by atoms with E-state index in [1.54, 1.807) is 0 Å². The largest absolute Gasteiger partial charge is 0.456 e. The Kier molecular flexibility index (Phi) is 5.15. The Bertz CT molecular complexity index is 601. The molecule has 4 heteroatoms. The molecule has 0 radical (unpaired) electrons. The highest BCUT2D eigenvalue weighted by Crippen LogP contribution is 2.31. The van der Waals surface area contributed by atoms with Crippen molar-refractivity contribution in [3.63, 3.8) is 0 Å². The highest BCUT2D eigenvalue weighted by molar-refractivity contribution is 9.10. The number of aryl methyl sites for hydroxylation is 1. The maximum absolute atomic E-state index is 13.6. The van der Waals surface area contributed by atoms with E-state index in [1.807, 2.05) is 38.1 Å². The first-order valence-corrected chi connectivity index (χ1v) is 7.32. The molecule has 0 saturated heterocycles. The van der Waals surface area contributed by atoms with Crippen molar-refractivity contribution >= 4 is 15.9 Å². The molecule has 0 amide bonds. The third-order valence-corrected chi connectivity index (χ3v) is 3.45. The van der Waals surface area contributed by atoms with E-state index >= 15 is 0 Å². The lowest BCUT2D eigenvalue weighted by Gasteiger charge is -2.10. The van der Waals surface area contributed by atoms with E-state index in [0.29, 0.717) is 18.0 Å². The number of rotatable bonds is 5. The summed E-state index contributed by atoms with van der Waals surface area (Å²) in [5.74, 6) is 0.886. The second-order valence-electron chi connectivity index (χ2n) is 4.61. The summed E-state index contributed by atoms with van der Waals surface area (Å²) in [5, 5.41) is 3.17. The van der Waals surface area contributed by atoms with Crippen LogP contribution in [0.25, 0.3) is 0 Å². The predicted molar refractivity (Wildman–Crippen MR) is 82.7 cm³/mol. The minimum Gasteiger partial charge on any atom is -0.456 e. The Hall–Kier alpha value is -1.39. The number of benzene rings is 2. The molecule has 0 aliphatic heterocycles. The van der Waals surface area contributed by atoms with Gasteiger partial charge in [-0.25, -0.2) is 4.39 Å². The third-order valence-electron chi connectivity index (χ3n) is 2.83. The molecule has 2 rings (SSSR count). The molecule has 0 unspecified atom stereocenters. The standard InChI is InChI=1S/C16H17BrFNO/c1-3-19-10-12-7-13(18)9-14(8-12)20-16-5-4-11(2)6-15(16)17/h4-9,19H,3,10H2,1-2H3. The number of nitrogens with one attached hydrogen (secondary N) is 1. The molecule has 20 heavy (non-hydrogen) atoms. The van der Waals surface area contributed by atoms with Gasteiger partial charge in [-0.05, 0) is 64.8 Å². The summed E-state index contributed by atoms with van der Waals surface area (Å²) in [4.78, 5) is 0. The molecule has 2 aromatic carbocycles. The lowest BCUT2D eigenvalue weighted by molar-refractivity contribution is 0.472. The summed E-state index contributed by atoms with van der Waals surface area (Å²) in [6, 6.07) is 10.5. The van der Waals surface area contributed by atoms with Crippen LogP contribution in [-0.2, 0) is 6.54 Å². The number of ether oxygens (including phenoxy) is 1. The zero-order valence-corrected chi connectivity index (χ0v) is 13.1. The Morgan fingerprint density at radius 2 is 2.00 bits per heavy atom. The SMILES string of the molecule is CCNCc1cc(F)cc(Oc2ccc(C)cc2Br)c1. The predicted octanol–water partition coefficient (Wildman–Crippen LogP) is 4.80. The van der Waals surface area contributed by atoms with E-state index in [0.717, 1.165) is 22.1 Å². The average Bonchev–Trinajstić information content (AvgIpc) is 2.39. The van der Waals surface area contributed by atoms with Gasteiger partial charge in [-0.2, -0.15) is 0 Å². The van der Waals surface area contributed by atoms with Gasteiger partial charge in [-0.1, -0.05) is 13.0 Å². The zero-order chi connectivity index (χ0) is 14.5. The smallest absolute Gasteiger partial charge is 0.141 e. The van der Waals surface area contributed by atoms with Crippen LogP contribution in [0.3, 0.4) is 0 Å². The van der Waals surface area contributed by atoms with Crippen molar-refractivity contribution in [2.24, 2.45) is 0 Å². The van der Waals surface area contributed by atoms with Crippen LogP contribution in [-0.4, -0.2) is 6.54 Å². The number of hydrogen-bond acceptors (Lipinski definition) is 2. The van der Waals surface area contributed by atoms with E-state index in [1.165, 1.54) is 12.1 Å². The first kappa shape index (κ1) is 15.0. The van der Waals surface area contributed by atoms with Crippen LogP contribution in [0.15, 0.2) is 40.9 Å². The van der Waals surface area contributed by atoms with Crippen molar-refractivity contribution < 1.29 is 9.13 Å².